The number of hydrogen-bond donors (Lipinski definition) is 2. The number of aromatic nitrogens is 3. The highest BCUT2D eigenvalue weighted by atomic mass is 35.5. The molecule has 7 nitrogen and oxygen atoms in total. The molecular weight excluding hydrogens is 308 g/mol. The smallest absolute Gasteiger partial charge is 0.329 e. The van der Waals surface area contributed by atoms with Crippen molar-refractivity contribution in [3.8, 4) is 0 Å². The molecule has 0 bridgehead atoms. The Labute approximate surface area is 131 Å². The second-order valence-corrected chi connectivity index (χ2v) is 5.80. The van der Waals surface area contributed by atoms with Crippen LogP contribution in [0.2, 0.25) is 5.28 Å². The van der Waals surface area contributed by atoms with E-state index >= 15 is 0 Å². The standard InChI is InChI=1S/C14H15ClN4O3/c15-13-16-7-9-6-10(8-17-22)19(11(9)18-13)14(12(20)21)4-2-1-3-5-14/h6-8,22H,1-5H2,(H,20,21). The highest BCUT2D eigenvalue weighted by Crippen LogP contribution is 2.39. The van der Waals surface area contributed by atoms with Gasteiger partial charge >= 0.3 is 5.97 Å². The molecular formula is C14H15ClN4O3. The van der Waals surface area contributed by atoms with Gasteiger partial charge < -0.3 is 14.9 Å². The normalized spacial score (nSPS) is 18.0. The third-order valence-corrected chi connectivity index (χ3v) is 4.42. The molecule has 2 N–H and O–H groups in total. The zero-order valence-corrected chi connectivity index (χ0v) is 12.5. The summed E-state index contributed by atoms with van der Waals surface area (Å²) >= 11 is 5.87. The molecule has 116 valence electrons. The first kappa shape index (κ1) is 14.8. The monoisotopic (exact) mass is 322 g/mol. The molecule has 0 radical (unpaired) electrons. The fourth-order valence-electron chi connectivity index (χ4n) is 3.26. The fraction of sp³-hybridized carbons (Fsp3) is 0.429. The van der Waals surface area contributed by atoms with Crippen LogP contribution in [0.1, 0.15) is 37.8 Å². The van der Waals surface area contributed by atoms with Crippen molar-refractivity contribution in [2.24, 2.45) is 5.16 Å². The number of fused-ring (bicyclic) bond motifs is 1. The molecule has 0 amide bonds. The summed E-state index contributed by atoms with van der Waals surface area (Å²) in [7, 11) is 0. The highest BCUT2D eigenvalue weighted by Gasteiger charge is 2.43. The Morgan fingerprint density at radius 1 is 1.41 bits per heavy atom. The molecule has 1 saturated carbocycles. The zero-order valence-electron chi connectivity index (χ0n) is 11.7. The number of aliphatic carboxylic acids is 1. The predicted octanol–water partition coefficient (Wildman–Crippen LogP) is 2.64. The zero-order chi connectivity index (χ0) is 15.7. The van der Waals surface area contributed by atoms with Crippen LogP contribution in [-0.4, -0.2) is 37.0 Å². The van der Waals surface area contributed by atoms with Crippen LogP contribution in [0, 0.1) is 0 Å². The van der Waals surface area contributed by atoms with Crippen LogP contribution in [0.25, 0.3) is 11.0 Å². The van der Waals surface area contributed by atoms with Gasteiger partial charge in [-0.3, -0.25) is 0 Å². The van der Waals surface area contributed by atoms with Gasteiger partial charge in [0.1, 0.15) is 11.2 Å². The van der Waals surface area contributed by atoms with Gasteiger partial charge in [0, 0.05) is 11.6 Å². The third-order valence-electron chi connectivity index (χ3n) is 4.24. The number of hydrogen-bond acceptors (Lipinski definition) is 5. The molecule has 0 unspecified atom stereocenters. The van der Waals surface area contributed by atoms with Crippen LogP contribution in [0.4, 0.5) is 0 Å². The number of carboxylic acid groups (broad SMARTS) is 1. The minimum Gasteiger partial charge on any atom is -0.479 e. The number of nitrogens with zero attached hydrogens (tertiary/aromatic N) is 4. The third kappa shape index (κ3) is 2.21. The van der Waals surface area contributed by atoms with Crippen molar-refractivity contribution in [1.82, 2.24) is 14.5 Å². The molecule has 0 saturated heterocycles. The number of carboxylic acids is 1. The Bertz CT molecular complexity index is 750. The molecule has 1 aliphatic rings. The molecule has 2 aromatic heterocycles. The minimum absolute atomic E-state index is 0.0516. The lowest BCUT2D eigenvalue weighted by Gasteiger charge is -2.36. The largest absolute Gasteiger partial charge is 0.479 e. The van der Waals surface area contributed by atoms with Crippen molar-refractivity contribution in [3.05, 3.63) is 23.2 Å². The van der Waals surface area contributed by atoms with Gasteiger partial charge in [-0.15, -0.1) is 0 Å². The maximum absolute atomic E-state index is 12.1. The van der Waals surface area contributed by atoms with Crippen LogP contribution in [0.15, 0.2) is 17.4 Å². The first-order valence-electron chi connectivity index (χ1n) is 7.04. The molecule has 8 heteroatoms. The number of oxime groups is 1. The van der Waals surface area contributed by atoms with Gasteiger partial charge in [-0.25, -0.2) is 9.78 Å². The van der Waals surface area contributed by atoms with E-state index in [0.29, 0.717) is 29.6 Å². The van der Waals surface area contributed by atoms with Crippen LogP contribution in [0.5, 0.6) is 0 Å². The van der Waals surface area contributed by atoms with E-state index in [1.165, 1.54) is 12.4 Å². The molecule has 22 heavy (non-hydrogen) atoms. The molecule has 2 aromatic rings. The summed E-state index contributed by atoms with van der Waals surface area (Å²) in [6.07, 6.45) is 6.40. The average molecular weight is 323 g/mol. The lowest BCUT2D eigenvalue weighted by Crippen LogP contribution is -2.44. The highest BCUT2D eigenvalue weighted by molar-refractivity contribution is 6.28. The Morgan fingerprint density at radius 3 is 2.77 bits per heavy atom. The van der Waals surface area contributed by atoms with Gasteiger partial charge in [0.2, 0.25) is 5.28 Å². The second kappa shape index (κ2) is 5.57. The molecule has 0 aromatic carbocycles. The van der Waals surface area contributed by atoms with E-state index in [-0.39, 0.29) is 5.28 Å². The summed E-state index contributed by atoms with van der Waals surface area (Å²) in [6, 6.07) is 1.70. The number of carbonyl (C=O) groups is 1. The SMILES string of the molecule is O=C(O)C1(n2c(C=NO)cc3cnc(Cl)nc32)CCCCC1. The van der Waals surface area contributed by atoms with Gasteiger partial charge in [0.25, 0.3) is 0 Å². The maximum atomic E-state index is 12.1. The van der Waals surface area contributed by atoms with E-state index in [2.05, 4.69) is 15.1 Å². The Balaban J connectivity index is 2.32. The van der Waals surface area contributed by atoms with E-state index in [1.54, 1.807) is 10.6 Å². The molecule has 0 spiro atoms. The lowest BCUT2D eigenvalue weighted by molar-refractivity contribution is -0.149. The average Bonchev–Trinajstić information content (AvgIpc) is 2.86. The van der Waals surface area contributed by atoms with E-state index in [9.17, 15) is 9.90 Å². The summed E-state index contributed by atoms with van der Waals surface area (Å²) in [6.45, 7) is 0. The Hall–Kier alpha value is -2.15. The summed E-state index contributed by atoms with van der Waals surface area (Å²) in [5.41, 5.74) is -0.189. The maximum Gasteiger partial charge on any atom is 0.329 e. The number of halogens is 1. The van der Waals surface area contributed by atoms with Crippen molar-refractivity contribution >= 4 is 34.8 Å². The first-order chi connectivity index (χ1) is 10.6. The van der Waals surface area contributed by atoms with Crippen molar-refractivity contribution in [3.63, 3.8) is 0 Å². The van der Waals surface area contributed by atoms with Gasteiger partial charge in [-0.1, -0.05) is 24.4 Å². The van der Waals surface area contributed by atoms with Crippen LogP contribution < -0.4 is 0 Å². The van der Waals surface area contributed by atoms with Gasteiger partial charge in [0.15, 0.2) is 0 Å². The molecule has 2 heterocycles. The first-order valence-corrected chi connectivity index (χ1v) is 7.41. The Morgan fingerprint density at radius 2 is 2.14 bits per heavy atom. The van der Waals surface area contributed by atoms with Crippen LogP contribution in [-0.2, 0) is 10.3 Å². The quantitative estimate of drug-likeness (QED) is 0.391. The number of rotatable bonds is 3. The molecule has 1 aliphatic carbocycles. The Kier molecular flexibility index (Phi) is 3.74. The van der Waals surface area contributed by atoms with E-state index in [4.69, 9.17) is 16.8 Å². The summed E-state index contributed by atoms with van der Waals surface area (Å²) in [4.78, 5) is 20.2. The summed E-state index contributed by atoms with van der Waals surface area (Å²) < 4.78 is 1.62. The molecule has 0 atom stereocenters. The van der Waals surface area contributed by atoms with E-state index < -0.39 is 11.5 Å². The van der Waals surface area contributed by atoms with Gasteiger partial charge in [0.05, 0.1) is 11.9 Å². The van der Waals surface area contributed by atoms with Crippen LogP contribution in [0.3, 0.4) is 0 Å². The van der Waals surface area contributed by atoms with Crippen molar-refractivity contribution in [2.45, 2.75) is 37.6 Å². The van der Waals surface area contributed by atoms with Gasteiger partial charge in [-0.05, 0) is 30.5 Å². The molecule has 0 aliphatic heterocycles. The summed E-state index contributed by atoms with van der Waals surface area (Å²) in [5, 5.41) is 22.5. The minimum atomic E-state index is -1.10. The lowest BCUT2D eigenvalue weighted by atomic mass is 9.81. The van der Waals surface area contributed by atoms with Crippen molar-refractivity contribution < 1.29 is 15.1 Å². The second-order valence-electron chi connectivity index (χ2n) is 5.46. The van der Waals surface area contributed by atoms with E-state index in [0.717, 1.165) is 19.3 Å². The predicted molar refractivity (Wildman–Crippen MR) is 80.6 cm³/mol. The fourth-order valence-corrected chi connectivity index (χ4v) is 3.39. The van der Waals surface area contributed by atoms with Crippen molar-refractivity contribution in [1.29, 1.82) is 0 Å². The van der Waals surface area contributed by atoms with Crippen LogP contribution >= 0.6 is 11.6 Å². The molecule has 3 rings (SSSR count). The summed E-state index contributed by atoms with van der Waals surface area (Å²) in [5.74, 6) is -0.910. The topological polar surface area (TPSA) is 101 Å². The van der Waals surface area contributed by atoms with Gasteiger partial charge in [-0.2, -0.15) is 4.98 Å². The van der Waals surface area contributed by atoms with Crippen molar-refractivity contribution in [2.75, 3.05) is 0 Å². The molecule has 1 fully saturated rings. The van der Waals surface area contributed by atoms with E-state index in [1.807, 2.05) is 0 Å².